The van der Waals surface area contributed by atoms with E-state index < -0.39 is 0 Å². The second-order valence-corrected chi connectivity index (χ2v) is 8.20. The van der Waals surface area contributed by atoms with E-state index in [1.54, 1.807) is 12.4 Å². The van der Waals surface area contributed by atoms with Crippen LogP contribution in [-0.2, 0) is 0 Å². The standard InChI is InChI=1S/C22H27N7/c1-22(2,3)27-19-16-18(17-8-5-4-6-9-17)25-21(26-19)29-14-12-28(13-15-29)20-23-10-7-11-24-20/h4-11,16H,12-15H2,1-3H3,(H,25,26,27). The summed E-state index contributed by atoms with van der Waals surface area (Å²) in [6.07, 6.45) is 3.57. The van der Waals surface area contributed by atoms with Gasteiger partial charge in [-0.3, -0.25) is 0 Å². The molecule has 7 nitrogen and oxygen atoms in total. The molecule has 0 bridgehead atoms. The zero-order chi connectivity index (χ0) is 20.3. The Bertz CT molecular complexity index is 930. The molecule has 1 aliphatic rings. The van der Waals surface area contributed by atoms with Crippen LogP contribution in [0.25, 0.3) is 11.3 Å². The minimum absolute atomic E-state index is 0.0804. The molecule has 0 radical (unpaired) electrons. The van der Waals surface area contributed by atoms with Crippen molar-refractivity contribution in [3.63, 3.8) is 0 Å². The van der Waals surface area contributed by atoms with Gasteiger partial charge in [-0.15, -0.1) is 0 Å². The van der Waals surface area contributed by atoms with Gasteiger partial charge in [-0.2, -0.15) is 4.98 Å². The monoisotopic (exact) mass is 389 g/mol. The number of benzene rings is 1. The Morgan fingerprint density at radius 1 is 0.793 bits per heavy atom. The van der Waals surface area contributed by atoms with E-state index in [9.17, 15) is 0 Å². The van der Waals surface area contributed by atoms with Gasteiger partial charge < -0.3 is 15.1 Å². The number of nitrogens with one attached hydrogen (secondary N) is 1. The van der Waals surface area contributed by atoms with E-state index in [1.807, 2.05) is 30.3 Å². The van der Waals surface area contributed by atoms with Crippen molar-refractivity contribution in [3.05, 3.63) is 54.9 Å². The van der Waals surface area contributed by atoms with Crippen LogP contribution in [0, 0.1) is 0 Å². The second kappa shape index (κ2) is 8.03. The molecule has 3 aromatic rings. The Labute approximate surface area is 171 Å². The van der Waals surface area contributed by atoms with Crippen LogP contribution in [-0.4, -0.2) is 51.7 Å². The van der Waals surface area contributed by atoms with Crippen LogP contribution in [0.2, 0.25) is 0 Å². The van der Waals surface area contributed by atoms with E-state index in [1.165, 1.54) is 0 Å². The first kappa shape index (κ1) is 19.1. The first-order valence-corrected chi connectivity index (χ1v) is 9.97. The molecule has 7 heteroatoms. The van der Waals surface area contributed by atoms with Crippen LogP contribution in [0.15, 0.2) is 54.9 Å². The van der Waals surface area contributed by atoms with E-state index in [0.29, 0.717) is 0 Å². The van der Waals surface area contributed by atoms with E-state index in [-0.39, 0.29) is 5.54 Å². The maximum absolute atomic E-state index is 4.88. The highest BCUT2D eigenvalue weighted by Gasteiger charge is 2.22. The van der Waals surface area contributed by atoms with Crippen LogP contribution in [0.5, 0.6) is 0 Å². The molecule has 0 saturated carbocycles. The third-order valence-corrected chi connectivity index (χ3v) is 4.68. The summed E-state index contributed by atoms with van der Waals surface area (Å²) < 4.78 is 0. The smallest absolute Gasteiger partial charge is 0.227 e. The van der Waals surface area contributed by atoms with Crippen molar-refractivity contribution >= 4 is 17.7 Å². The average Bonchev–Trinajstić information content (AvgIpc) is 2.74. The number of aromatic nitrogens is 4. The minimum Gasteiger partial charge on any atom is -0.365 e. The van der Waals surface area contributed by atoms with Gasteiger partial charge in [-0.05, 0) is 26.8 Å². The van der Waals surface area contributed by atoms with Crippen molar-refractivity contribution in [2.75, 3.05) is 41.3 Å². The van der Waals surface area contributed by atoms with Crippen molar-refractivity contribution < 1.29 is 0 Å². The Kier molecular flexibility index (Phi) is 5.29. The van der Waals surface area contributed by atoms with Crippen LogP contribution in [0.3, 0.4) is 0 Å². The molecular weight excluding hydrogens is 362 g/mol. The van der Waals surface area contributed by atoms with Crippen LogP contribution >= 0.6 is 0 Å². The highest BCUT2D eigenvalue weighted by atomic mass is 15.4. The summed E-state index contributed by atoms with van der Waals surface area (Å²) in [7, 11) is 0. The Balaban J connectivity index is 1.59. The van der Waals surface area contributed by atoms with Gasteiger partial charge in [0.1, 0.15) is 5.82 Å². The Morgan fingerprint density at radius 2 is 1.41 bits per heavy atom. The fourth-order valence-corrected chi connectivity index (χ4v) is 3.34. The molecule has 150 valence electrons. The number of hydrogen-bond acceptors (Lipinski definition) is 7. The average molecular weight is 390 g/mol. The molecule has 0 unspecified atom stereocenters. The lowest BCUT2D eigenvalue weighted by Crippen LogP contribution is -2.47. The Morgan fingerprint density at radius 3 is 2.03 bits per heavy atom. The number of piperazine rings is 1. The van der Waals surface area contributed by atoms with E-state index >= 15 is 0 Å². The zero-order valence-electron chi connectivity index (χ0n) is 17.2. The minimum atomic E-state index is -0.0804. The van der Waals surface area contributed by atoms with Crippen molar-refractivity contribution in [3.8, 4) is 11.3 Å². The van der Waals surface area contributed by atoms with Gasteiger partial charge in [0.15, 0.2) is 0 Å². The molecule has 0 atom stereocenters. The van der Waals surface area contributed by atoms with Gasteiger partial charge in [-0.25, -0.2) is 15.0 Å². The van der Waals surface area contributed by atoms with Crippen molar-refractivity contribution in [1.29, 1.82) is 0 Å². The topological polar surface area (TPSA) is 70.1 Å². The van der Waals surface area contributed by atoms with Gasteiger partial charge >= 0.3 is 0 Å². The summed E-state index contributed by atoms with van der Waals surface area (Å²) in [6, 6.07) is 14.1. The predicted molar refractivity (Wildman–Crippen MR) is 117 cm³/mol. The molecule has 1 N–H and O–H groups in total. The third-order valence-electron chi connectivity index (χ3n) is 4.68. The predicted octanol–water partition coefficient (Wildman–Crippen LogP) is 3.47. The molecule has 4 rings (SSSR count). The van der Waals surface area contributed by atoms with Crippen molar-refractivity contribution in [1.82, 2.24) is 19.9 Å². The first-order chi connectivity index (χ1) is 14.0. The van der Waals surface area contributed by atoms with Gasteiger partial charge in [-0.1, -0.05) is 30.3 Å². The maximum Gasteiger partial charge on any atom is 0.227 e. The normalized spacial score (nSPS) is 14.7. The van der Waals surface area contributed by atoms with Crippen LogP contribution in [0.4, 0.5) is 17.7 Å². The molecule has 1 fully saturated rings. The lowest BCUT2D eigenvalue weighted by molar-refractivity contribution is 0.620. The maximum atomic E-state index is 4.88. The van der Waals surface area contributed by atoms with E-state index in [0.717, 1.165) is 55.2 Å². The molecule has 1 aliphatic heterocycles. The molecule has 0 aliphatic carbocycles. The Hall–Kier alpha value is -3.22. The van der Waals surface area contributed by atoms with Crippen LogP contribution in [0.1, 0.15) is 20.8 Å². The first-order valence-electron chi connectivity index (χ1n) is 9.97. The molecule has 0 spiro atoms. The highest BCUT2D eigenvalue weighted by Crippen LogP contribution is 2.25. The SMILES string of the molecule is CC(C)(C)Nc1cc(-c2ccccc2)nc(N2CCN(c3ncccn3)CC2)n1. The summed E-state index contributed by atoms with van der Waals surface area (Å²) in [4.78, 5) is 22.9. The summed E-state index contributed by atoms with van der Waals surface area (Å²) >= 11 is 0. The number of rotatable bonds is 4. The highest BCUT2D eigenvalue weighted by molar-refractivity contribution is 5.65. The summed E-state index contributed by atoms with van der Waals surface area (Å²) in [5.41, 5.74) is 1.93. The molecule has 1 aromatic carbocycles. The number of anilines is 3. The molecule has 1 saturated heterocycles. The molecule has 29 heavy (non-hydrogen) atoms. The molecule has 0 amide bonds. The quantitative estimate of drug-likeness (QED) is 0.733. The van der Waals surface area contributed by atoms with Crippen LogP contribution < -0.4 is 15.1 Å². The summed E-state index contributed by atoms with van der Waals surface area (Å²) in [5, 5.41) is 3.50. The zero-order valence-corrected chi connectivity index (χ0v) is 17.2. The van der Waals surface area contributed by atoms with Crippen molar-refractivity contribution in [2.45, 2.75) is 26.3 Å². The van der Waals surface area contributed by atoms with Gasteiger partial charge in [0.25, 0.3) is 0 Å². The van der Waals surface area contributed by atoms with E-state index in [4.69, 9.17) is 9.97 Å². The number of hydrogen-bond donors (Lipinski definition) is 1. The summed E-state index contributed by atoms with van der Waals surface area (Å²) in [6.45, 7) is 9.73. The molecule has 2 aromatic heterocycles. The fourth-order valence-electron chi connectivity index (χ4n) is 3.34. The lowest BCUT2D eigenvalue weighted by atomic mass is 10.1. The second-order valence-electron chi connectivity index (χ2n) is 8.20. The number of nitrogens with zero attached hydrogens (tertiary/aromatic N) is 6. The van der Waals surface area contributed by atoms with Gasteiger partial charge in [0.2, 0.25) is 11.9 Å². The fraction of sp³-hybridized carbons (Fsp3) is 0.364. The summed E-state index contributed by atoms with van der Waals surface area (Å²) in [5.74, 6) is 2.38. The molecule has 3 heterocycles. The van der Waals surface area contributed by atoms with Crippen molar-refractivity contribution in [2.24, 2.45) is 0 Å². The lowest BCUT2D eigenvalue weighted by Gasteiger charge is -2.35. The molecular formula is C22H27N7. The van der Waals surface area contributed by atoms with Gasteiger partial charge in [0, 0.05) is 55.7 Å². The van der Waals surface area contributed by atoms with Gasteiger partial charge in [0.05, 0.1) is 5.69 Å². The largest absolute Gasteiger partial charge is 0.365 e. The third kappa shape index (κ3) is 4.80. The van der Waals surface area contributed by atoms with E-state index in [2.05, 4.69) is 58.0 Å².